The Hall–Kier alpha value is -2.54. The van der Waals surface area contributed by atoms with Gasteiger partial charge in [0.2, 0.25) is 0 Å². The Balaban J connectivity index is 1.30. The van der Waals surface area contributed by atoms with Crippen LogP contribution in [0.1, 0.15) is 31.2 Å². The van der Waals surface area contributed by atoms with Crippen molar-refractivity contribution >= 4 is 35.0 Å². The molecule has 1 aromatic heterocycles. The van der Waals surface area contributed by atoms with Gasteiger partial charge < -0.3 is 20.0 Å². The van der Waals surface area contributed by atoms with E-state index < -0.39 is 0 Å². The summed E-state index contributed by atoms with van der Waals surface area (Å²) >= 11 is 6.15. The van der Waals surface area contributed by atoms with Crippen molar-refractivity contribution in [3.8, 4) is 0 Å². The third-order valence-corrected chi connectivity index (χ3v) is 6.29. The van der Waals surface area contributed by atoms with Gasteiger partial charge in [0.1, 0.15) is 0 Å². The number of aromatic nitrogens is 2. The van der Waals surface area contributed by atoms with Crippen LogP contribution in [0, 0.1) is 6.92 Å². The molecule has 2 amide bonds. The summed E-state index contributed by atoms with van der Waals surface area (Å²) in [5, 5.41) is 12.5. The molecule has 0 unspecified atom stereocenters. The Morgan fingerprint density at radius 2 is 1.47 bits per heavy atom. The summed E-state index contributed by atoms with van der Waals surface area (Å²) in [6, 6.07) is 9.59. The maximum absolute atomic E-state index is 12.6. The minimum atomic E-state index is -0.0998. The fourth-order valence-electron chi connectivity index (χ4n) is 3.97. The van der Waals surface area contributed by atoms with Crippen molar-refractivity contribution in [3.05, 3.63) is 40.9 Å². The first kappa shape index (κ1) is 20.7. The Bertz CT molecular complexity index is 858. The number of urea groups is 1. The SMILES string of the molecule is Cc1ccc(NC(=O)N2CCN(c3ccc(N4CCCCCC4)nn3)CC2)cc1Cl. The molecule has 2 aromatic rings. The molecule has 2 aliphatic rings. The monoisotopic (exact) mass is 428 g/mol. The number of halogens is 1. The van der Waals surface area contributed by atoms with Gasteiger partial charge >= 0.3 is 6.03 Å². The molecule has 4 rings (SSSR count). The zero-order valence-electron chi connectivity index (χ0n) is 17.5. The molecule has 0 atom stereocenters. The van der Waals surface area contributed by atoms with Gasteiger partial charge in [0.15, 0.2) is 11.6 Å². The average Bonchev–Trinajstić information content (AvgIpc) is 3.06. The van der Waals surface area contributed by atoms with Crippen LogP contribution in [0.3, 0.4) is 0 Å². The van der Waals surface area contributed by atoms with Crippen molar-refractivity contribution in [2.24, 2.45) is 0 Å². The fraction of sp³-hybridized carbons (Fsp3) is 0.500. The molecule has 2 aliphatic heterocycles. The molecule has 0 saturated carbocycles. The molecular weight excluding hydrogens is 400 g/mol. The van der Waals surface area contributed by atoms with E-state index in [0.717, 1.165) is 43.4 Å². The molecule has 160 valence electrons. The number of hydrogen-bond acceptors (Lipinski definition) is 5. The van der Waals surface area contributed by atoms with Gasteiger partial charge in [-0.1, -0.05) is 30.5 Å². The number of anilines is 3. The predicted molar refractivity (Wildman–Crippen MR) is 122 cm³/mol. The molecule has 7 nitrogen and oxygen atoms in total. The smallest absolute Gasteiger partial charge is 0.321 e. The van der Waals surface area contributed by atoms with Crippen LogP contribution in [0.4, 0.5) is 22.1 Å². The number of aryl methyl sites for hydroxylation is 1. The van der Waals surface area contributed by atoms with Crippen molar-refractivity contribution in [1.82, 2.24) is 15.1 Å². The molecule has 0 spiro atoms. The van der Waals surface area contributed by atoms with Gasteiger partial charge in [0.05, 0.1) is 0 Å². The molecule has 3 heterocycles. The van der Waals surface area contributed by atoms with Crippen LogP contribution in [0.25, 0.3) is 0 Å². The van der Waals surface area contributed by atoms with E-state index in [0.29, 0.717) is 23.8 Å². The molecule has 1 N–H and O–H groups in total. The molecule has 0 bridgehead atoms. The minimum absolute atomic E-state index is 0.0998. The summed E-state index contributed by atoms with van der Waals surface area (Å²) in [6.07, 6.45) is 5.05. The van der Waals surface area contributed by atoms with E-state index in [4.69, 9.17) is 11.6 Å². The van der Waals surface area contributed by atoms with E-state index in [-0.39, 0.29) is 6.03 Å². The summed E-state index contributed by atoms with van der Waals surface area (Å²) in [4.78, 5) is 18.9. The van der Waals surface area contributed by atoms with Crippen LogP contribution >= 0.6 is 11.6 Å². The van der Waals surface area contributed by atoms with Crippen molar-refractivity contribution < 1.29 is 4.79 Å². The number of nitrogens with zero attached hydrogens (tertiary/aromatic N) is 5. The molecule has 0 aliphatic carbocycles. The number of hydrogen-bond donors (Lipinski definition) is 1. The summed E-state index contributed by atoms with van der Waals surface area (Å²) in [6.45, 7) is 6.82. The highest BCUT2D eigenvalue weighted by atomic mass is 35.5. The standard InChI is InChI=1S/C22H29ClN6O/c1-17-6-7-18(16-19(17)23)24-22(30)29-14-12-28(13-15-29)21-9-8-20(25-26-21)27-10-4-2-3-5-11-27/h6-9,16H,2-5,10-15H2,1H3,(H,24,30). The zero-order valence-corrected chi connectivity index (χ0v) is 18.2. The second-order valence-electron chi connectivity index (χ2n) is 8.02. The Kier molecular flexibility index (Phi) is 6.57. The average molecular weight is 429 g/mol. The molecule has 1 aromatic carbocycles. The van der Waals surface area contributed by atoms with Crippen LogP contribution in [0.2, 0.25) is 5.02 Å². The van der Waals surface area contributed by atoms with E-state index in [2.05, 4.69) is 37.4 Å². The van der Waals surface area contributed by atoms with Gasteiger partial charge in [-0.3, -0.25) is 0 Å². The van der Waals surface area contributed by atoms with Gasteiger partial charge in [-0.05, 0) is 49.6 Å². The molecule has 30 heavy (non-hydrogen) atoms. The van der Waals surface area contributed by atoms with Crippen LogP contribution in [-0.2, 0) is 0 Å². The van der Waals surface area contributed by atoms with Gasteiger partial charge in [-0.25, -0.2) is 4.79 Å². The van der Waals surface area contributed by atoms with Crippen molar-refractivity contribution in [2.45, 2.75) is 32.6 Å². The highest BCUT2D eigenvalue weighted by Crippen LogP contribution is 2.22. The minimum Gasteiger partial charge on any atom is -0.355 e. The summed E-state index contributed by atoms with van der Waals surface area (Å²) in [5.74, 6) is 1.84. The normalized spacial score (nSPS) is 17.6. The number of nitrogens with one attached hydrogen (secondary N) is 1. The molecular formula is C22H29ClN6O. The number of carbonyl (C=O) groups excluding carboxylic acids is 1. The topological polar surface area (TPSA) is 64.6 Å². The maximum atomic E-state index is 12.6. The zero-order chi connectivity index (χ0) is 20.9. The second-order valence-corrected chi connectivity index (χ2v) is 8.43. The third-order valence-electron chi connectivity index (χ3n) is 5.88. The van der Waals surface area contributed by atoms with E-state index in [9.17, 15) is 4.79 Å². The Labute approximate surface area is 183 Å². The van der Waals surface area contributed by atoms with Gasteiger partial charge in [0.25, 0.3) is 0 Å². The quantitative estimate of drug-likeness (QED) is 0.794. The predicted octanol–water partition coefficient (Wildman–Crippen LogP) is 4.17. The lowest BCUT2D eigenvalue weighted by Crippen LogP contribution is -2.50. The second kappa shape index (κ2) is 9.51. The lowest BCUT2D eigenvalue weighted by molar-refractivity contribution is 0.208. The molecule has 8 heteroatoms. The summed E-state index contributed by atoms with van der Waals surface area (Å²) < 4.78 is 0. The summed E-state index contributed by atoms with van der Waals surface area (Å²) in [5.41, 5.74) is 1.71. The van der Waals surface area contributed by atoms with Gasteiger partial charge in [0, 0.05) is 50.0 Å². The summed E-state index contributed by atoms with van der Waals surface area (Å²) in [7, 11) is 0. The number of carbonyl (C=O) groups is 1. The van der Waals surface area contributed by atoms with E-state index in [1.54, 1.807) is 6.07 Å². The number of rotatable bonds is 3. The lowest BCUT2D eigenvalue weighted by Gasteiger charge is -2.35. The van der Waals surface area contributed by atoms with Gasteiger partial charge in [-0.15, -0.1) is 10.2 Å². The Morgan fingerprint density at radius 1 is 0.867 bits per heavy atom. The highest BCUT2D eigenvalue weighted by molar-refractivity contribution is 6.31. The first-order valence-electron chi connectivity index (χ1n) is 10.8. The highest BCUT2D eigenvalue weighted by Gasteiger charge is 2.22. The third kappa shape index (κ3) is 4.95. The van der Waals surface area contributed by atoms with E-state index >= 15 is 0 Å². The first-order valence-corrected chi connectivity index (χ1v) is 11.1. The van der Waals surface area contributed by atoms with E-state index in [1.165, 1.54) is 25.7 Å². The van der Waals surface area contributed by atoms with Crippen LogP contribution in [0.5, 0.6) is 0 Å². The van der Waals surface area contributed by atoms with Crippen LogP contribution < -0.4 is 15.1 Å². The van der Waals surface area contributed by atoms with Crippen molar-refractivity contribution in [1.29, 1.82) is 0 Å². The van der Waals surface area contributed by atoms with Crippen LogP contribution in [0.15, 0.2) is 30.3 Å². The van der Waals surface area contributed by atoms with Crippen molar-refractivity contribution in [2.75, 3.05) is 54.4 Å². The fourth-order valence-corrected chi connectivity index (χ4v) is 4.15. The molecule has 2 saturated heterocycles. The van der Waals surface area contributed by atoms with Crippen molar-refractivity contribution in [3.63, 3.8) is 0 Å². The maximum Gasteiger partial charge on any atom is 0.321 e. The lowest BCUT2D eigenvalue weighted by atomic mass is 10.2. The Morgan fingerprint density at radius 3 is 2.03 bits per heavy atom. The van der Waals surface area contributed by atoms with Gasteiger partial charge in [-0.2, -0.15) is 0 Å². The number of piperazine rings is 1. The van der Waals surface area contributed by atoms with E-state index in [1.807, 2.05) is 24.0 Å². The largest absolute Gasteiger partial charge is 0.355 e. The van der Waals surface area contributed by atoms with Crippen LogP contribution in [-0.4, -0.2) is 60.4 Å². The number of amides is 2. The molecule has 2 fully saturated rings. The first-order chi connectivity index (χ1) is 14.6. The number of benzene rings is 1. The molecule has 0 radical (unpaired) electrons.